The van der Waals surface area contributed by atoms with E-state index in [1.54, 1.807) is 30.3 Å². The standard InChI is InChI=1S/C27H27N3O4S/c1-18(2)35(33)22-7-4-20(5-8-22)26(32)29-13-11-27(12-14-29)25-10-6-21(16-28)30(25)23-9-3-19(17-31)15-24(23)34-27/h3-10,15,18,31H,11-14,17H2,1-2H3. The van der Waals surface area contributed by atoms with Crippen LogP contribution in [0.15, 0.2) is 59.5 Å². The highest BCUT2D eigenvalue weighted by molar-refractivity contribution is 7.92. The van der Waals surface area contributed by atoms with Crippen LogP contribution in [0.2, 0.25) is 0 Å². The second-order valence-electron chi connectivity index (χ2n) is 9.27. The van der Waals surface area contributed by atoms with Gasteiger partial charge in [-0.05, 0) is 79.1 Å². The van der Waals surface area contributed by atoms with Gasteiger partial charge in [0, 0.05) is 31.5 Å². The number of piperidine rings is 1. The topological polar surface area (TPSA) is 102 Å². The van der Waals surface area contributed by atoms with Crippen LogP contribution < -0.4 is 4.74 Å². The second-order valence-corrected chi connectivity index (χ2v) is 11.3. The van der Waals surface area contributed by atoms with Gasteiger partial charge in [0.15, 0.2) is 10.5 Å². The Bertz CT molecular complexity index is 1300. The van der Waals surface area contributed by atoms with Crippen molar-refractivity contribution < 1.29 is 19.2 Å². The Morgan fingerprint density at radius 1 is 1.17 bits per heavy atom. The largest absolute Gasteiger partial charge is 0.611 e. The number of aliphatic hydroxyl groups is 1. The van der Waals surface area contributed by atoms with Crippen molar-refractivity contribution in [1.82, 2.24) is 9.47 Å². The molecule has 0 saturated carbocycles. The summed E-state index contributed by atoms with van der Waals surface area (Å²) in [5.41, 5.74) is 2.86. The molecule has 0 aliphatic carbocycles. The van der Waals surface area contributed by atoms with Gasteiger partial charge in [-0.2, -0.15) is 5.26 Å². The zero-order chi connectivity index (χ0) is 24.7. The summed E-state index contributed by atoms with van der Waals surface area (Å²) in [5, 5.41) is 19.3. The molecule has 0 bridgehead atoms. The van der Waals surface area contributed by atoms with E-state index >= 15 is 0 Å². The molecule has 3 heterocycles. The van der Waals surface area contributed by atoms with Gasteiger partial charge in [0.1, 0.15) is 22.8 Å². The average Bonchev–Trinajstić information content (AvgIpc) is 3.33. The van der Waals surface area contributed by atoms with Crippen LogP contribution in [0.5, 0.6) is 5.75 Å². The van der Waals surface area contributed by atoms with E-state index < -0.39 is 16.8 Å². The minimum absolute atomic E-state index is 0.0180. The Kier molecular flexibility index (Phi) is 6.09. The number of aliphatic hydroxyl groups excluding tert-OH is 1. The van der Waals surface area contributed by atoms with E-state index in [1.807, 2.05) is 47.6 Å². The summed E-state index contributed by atoms with van der Waals surface area (Å²) in [6.07, 6.45) is 1.15. The van der Waals surface area contributed by atoms with Gasteiger partial charge in [-0.3, -0.25) is 9.36 Å². The fourth-order valence-electron chi connectivity index (χ4n) is 4.94. The third kappa shape index (κ3) is 4.00. The Morgan fingerprint density at radius 3 is 2.51 bits per heavy atom. The van der Waals surface area contributed by atoms with Gasteiger partial charge < -0.3 is 19.3 Å². The zero-order valence-corrected chi connectivity index (χ0v) is 20.5. The van der Waals surface area contributed by atoms with Gasteiger partial charge in [-0.1, -0.05) is 6.07 Å². The predicted octanol–water partition coefficient (Wildman–Crippen LogP) is 3.88. The van der Waals surface area contributed by atoms with E-state index in [4.69, 9.17) is 4.74 Å². The number of hydrogen-bond donors (Lipinski definition) is 1. The lowest BCUT2D eigenvalue weighted by Crippen LogP contribution is -2.50. The van der Waals surface area contributed by atoms with Crippen molar-refractivity contribution in [3.05, 3.63) is 77.1 Å². The minimum Gasteiger partial charge on any atom is -0.611 e. The van der Waals surface area contributed by atoms with Crippen molar-refractivity contribution >= 4 is 17.1 Å². The van der Waals surface area contributed by atoms with Crippen LogP contribution in [-0.2, 0) is 23.4 Å². The highest BCUT2D eigenvalue weighted by Gasteiger charge is 2.45. The van der Waals surface area contributed by atoms with Crippen LogP contribution in [0.3, 0.4) is 0 Å². The monoisotopic (exact) mass is 489 g/mol. The van der Waals surface area contributed by atoms with Gasteiger partial charge in [0.2, 0.25) is 0 Å². The SMILES string of the molecule is CC(C)[S+]([O-])c1ccc(C(=O)N2CCC3(CC2)Oc2cc(CO)ccc2-n2c(C#N)ccc23)cc1. The minimum atomic E-state index is -1.09. The lowest BCUT2D eigenvalue weighted by atomic mass is 9.86. The molecule has 1 amide bonds. The molecule has 3 aromatic rings. The van der Waals surface area contributed by atoms with Crippen molar-refractivity contribution in [1.29, 1.82) is 5.26 Å². The molecule has 180 valence electrons. The van der Waals surface area contributed by atoms with Crippen LogP contribution in [0.1, 0.15) is 54.0 Å². The molecular weight excluding hydrogens is 462 g/mol. The molecule has 7 nitrogen and oxygen atoms in total. The van der Waals surface area contributed by atoms with Gasteiger partial charge in [0.25, 0.3) is 5.91 Å². The smallest absolute Gasteiger partial charge is 0.253 e. The molecule has 2 aliphatic rings. The van der Waals surface area contributed by atoms with Crippen molar-refractivity contribution in [2.24, 2.45) is 0 Å². The maximum absolute atomic E-state index is 13.2. The molecule has 8 heteroatoms. The van der Waals surface area contributed by atoms with Crippen LogP contribution in [0, 0.1) is 11.3 Å². The summed E-state index contributed by atoms with van der Waals surface area (Å²) in [7, 11) is 0. The molecular formula is C27H27N3O4S. The molecule has 1 unspecified atom stereocenters. The number of hydrogen-bond acceptors (Lipinski definition) is 5. The molecule has 2 aliphatic heterocycles. The van der Waals surface area contributed by atoms with Gasteiger partial charge in [0.05, 0.1) is 18.0 Å². The number of ether oxygens (including phenoxy) is 1. The molecule has 1 N–H and O–H groups in total. The molecule has 1 atom stereocenters. The first kappa shape index (κ1) is 23.5. The average molecular weight is 490 g/mol. The molecule has 1 spiro atoms. The summed E-state index contributed by atoms with van der Waals surface area (Å²) < 4.78 is 20.8. The summed E-state index contributed by atoms with van der Waals surface area (Å²) in [6, 6.07) is 18.6. The number of carbonyl (C=O) groups excluding carboxylic acids is 1. The summed E-state index contributed by atoms with van der Waals surface area (Å²) in [4.78, 5) is 15.7. The quantitative estimate of drug-likeness (QED) is 0.561. The van der Waals surface area contributed by atoms with Crippen LogP contribution >= 0.6 is 0 Å². The van der Waals surface area contributed by atoms with Crippen LogP contribution in [-0.4, -0.2) is 43.4 Å². The number of likely N-dealkylation sites (tertiary alicyclic amines) is 1. The molecule has 1 aromatic heterocycles. The first-order valence-electron chi connectivity index (χ1n) is 11.7. The summed E-state index contributed by atoms with van der Waals surface area (Å²) in [6.45, 7) is 4.72. The van der Waals surface area contributed by atoms with Crippen LogP contribution in [0.25, 0.3) is 5.69 Å². The predicted molar refractivity (Wildman–Crippen MR) is 132 cm³/mol. The van der Waals surface area contributed by atoms with Gasteiger partial charge >= 0.3 is 0 Å². The molecule has 1 saturated heterocycles. The van der Waals surface area contributed by atoms with E-state index in [9.17, 15) is 19.7 Å². The second kappa shape index (κ2) is 9.08. The van der Waals surface area contributed by atoms with Crippen LogP contribution in [0.4, 0.5) is 0 Å². The van der Waals surface area contributed by atoms with Crippen molar-refractivity contribution in [2.45, 2.75) is 49.0 Å². The van der Waals surface area contributed by atoms with E-state index in [-0.39, 0.29) is 17.8 Å². The Balaban J connectivity index is 1.39. The Labute approximate surface area is 207 Å². The Hall–Kier alpha value is -3.25. The first-order chi connectivity index (χ1) is 16.9. The summed E-state index contributed by atoms with van der Waals surface area (Å²) in [5.74, 6) is 0.568. The highest BCUT2D eigenvalue weighted by Crippen LogP contribution is 2.46. The normalized spacial score (nSPS) is 16.9. The zero-order valence-electron chi connectivity index (χ0n) is 19.7. The maximum atomic E-state index is 13.2. The summed E-state index contributed by atoms with van der Waals surface area (Å²) >= 11 is -1.09. The number of rotatable bonds is 4. The fourth-order valence-corrected chi connectivity index (χ4v) is 5.89. The Morgan fingerprint density at radius 2 is 1.89 bits per heavy atom. The third-order valence-corrected chi connectivity index (χ3v) is 8.43. The molecule has 0 radical (unpaired) electrons. The number of fused-ring (bicyclic) bond motifs is 4. The third-order valence-electron chi connectivity index (χ3n) is 6.84. The van der Waals surface area contributed by atoms with E-state index in [2.05, 4.69) is 6.07 Å². The van der Waals surface area contributed by atoms with E-state index in [0.717, 1.165) is 21.8 Å². The molecule has 35 heavy (non-hydrogen) atoms. The highest BCUT2D eigenvalue weighted by atomic mass is 32.2. The van der Waals surface area contributed by atoms with Crippen molar-refractivity contribution in [2.75, 3.05) is 13.1 Å². The lowest BCUT2D eigenvalue weighted by molar-refractivity contribution is -0.00949. The number of nitriles is 1. The van der Waals surface area contributed by atoms with E-state index in [0.29, 0.717) is 42.9 Å². The van der Waals surface area contributed by atoms with Crippen molar-refractivity contribution in [3.8, 4) is 17.5 Å². The molecule has 1 fully saturated rings. The van der Waals surface area contributed by atoms with E-state index in [1.165, 1.54) is 0 Å². The molecule has 2 aromatic carbocycles. The van der Waals surface area contributed by atoms with Crippen molar-refractivity contribution in [3.63, 3.8) is 0 Å². The fraction of sp³-hybridized carbons (Fsp3) is 0.333. The molecule has 5 rings (SSSR count). The lowest BCUT2D eigenvalue weighted by Gasteiger charge is -2.45. The number of nitrogens with zero attached hydrogens (tertiary/aromatic N) is 3. The van der Waals surface area contributed by atoms with Gasteiger partial charge in [-0.15, -0.1) is 0 Å². The van der Waals surface area contributed by atoms with Gasteiger partial charge in [-0.25, -0.2) is 0 Å². The number of amides is 1. The number of benzene rings is 2. The number of aromatic nitrogens is 1. The maximum Gasteiger partial charge on any atom is 0.253 e. The number of carbonyl (C=O) groups is 1. The first-order valence-corrected chi connectivity index (χ1v) is 12.9.